The third kappa shape index (κ3) is 3.68. The molecule has 1 heterocycles. The molecule has 1 aliphatic carbocycles. The van der Waals surface area contributed by atoms with Gasteiger partial charge in [-0.25, -0.2) is 8.42 Å². The lowest BCUT2D eigenvalue weighted by Crippen LogP contribution is -2.16. The number of aryl methyl sites for hydroxylation is 2. The Bertz CT molecular complexity index is 1130. The van der Waals surface area contributed by atoms with Crippen LogP contribution in [0.15, 0.2) is 42.5 Å². The van der Waals surface area contributed by atoms with Gasteiger partial charge in [-0.3, -0.25) is 9.52 Å². The molecule has 1 aromatic heterocycles. The van der Waals surface area contributed by atoms with Gasteiger partial charge in [0.25, 0.3) is 5.91 Å². The van der Waals surface area contributed by atoms with Gasteiger partial charge in [-0.05, 0) is 61.6 Å². The standard InChI is InChI=1S/C20H21N3O3S/c1-27(25,26)23-19-9-5-4-8-18(19)22-20(24)13-10-11-17-15(12-13)14-6-2-3-7-16(14)21-17/h4-5,8-12,21,23H,2-3,6-7H2,1H3,(H,22,24). The maximum atomic E-state index is 12.8. The molecule has 0 unspecified atom stereocenters. The van der Waals surface area contributed by atoms with Crippen molar-refractivity contribution in [2.24, 2.45) is 0 Å². The van der Waals surface area contributed by atoms with Gasteiger partial charge in [0.2, 0.25) is 10.0 Å². The van der Waals surface area contributed by atoms with Crippen LogP contribution in [0.3, 0.4) is 0 Å². The van der Waals surface area contributed by atoms with E-state index < -0.39 is 10.0 Å². The van der Waals surface area contributed by atoms with Crippen molar-refractivity contribution < 1.29 is 13.2 Å². The van der Waals surface area contributed by atoms with E-state index in [9.17, 15) is 13.2 Å². The Morgan fingerprint density at radius 2 is 1.78 bits per heavy atom. The minimum Gasteiger partial charge on any atom is -0.358 e. The van der Waals surface area contributed by atoms with Crippen LogP contribution in [0, 0.1) is 0 Å². The maximum Gasteiger partial charge on any atom is 0.255 e. The van der Waals surface area contributed by atoms with E-state index in [1.165, 1.54) is 24.1 Å². The van der Waals surface area contributed by atoms with E-state index in [0.717, 1.165) is 30.0 Å². The molecule has 0 atom stereocenters. The van der Waals surface area contributed by atoms with Gasteiger partial charge in [-0.1, -0.05) is 12.1 Å². The molecule has 2 aromatic carbocycles. The first kappa shape index (κ1) is 17.6. The zero-order chi connectivity index (χ0) is 19.0. The number of H-pyrrole nitrogens is 1. The van der Waals surface area contributed by atoms with Gasteiger partial charge >= 0.3 is 0 Å². The fourth-order valence-corrected chi connectivity index (χ4v) is 4.20. The van der Waals surface area contributed by atoms with E-state index in [4.69, 9.17) is 0 Å². The summed E-state index contributed by atoms with van der Waals surface area (Å²) in [7, 11) is -3.44. The van der Waals surface area contributed by atoms with Gasteiger partial charge in [-0.2, -0.15) is 0 Å². The van der Waals surface area contributed by atoms with Crippen molar-refractivity contribution in [3.63, 3.8) is 0 Å². The van der Waals surface area contributed by atoms with Crippen LogP contribution in [0.1, 0.15) is 34.5 Å². The summed E-state index contributed by atoms with van der Waals surface area (Å²) in [4.78, 5) is 16.2. The Morgan fingerprint density at radius 1 is 1.04 bits per heavy atom. The summed E-state index contributed by atoms with van der Waals surface area (Å²) in [5.41, 5.74) is 4.95. The number of rotatable bonds is 4. The molecule has 0 aliphatic heterocycles. The molecule has 0 saturated heterocycles. The molecule has 0 fully saturated rings. The number of carbonyl (C=O) groups excluding carboxylic acids is 1. The van der Waals surface area contributed by atoms with Gasteiger partial charge in [0.15, 0.2) is 0 Å². The van der Waals surface area contributed by atoms with Gasteiger partial charge < -0.3 is 10.3 Å². The Hall–Kier alpha value is -2.80. The molecule has 1 aliphatic rings. The topological polar surface area (TPSA) is 91.1 Å². The fraction of sp³-hybridized carbons (Fsp3) is 0.250. The van der Waals surface area contributed by atoms with Crippen LogP contribution in [0.2, 0.25) is 0 Å². The highest BCUT2D eigenvalue weighted by Gasteiger charge is 2.17. The number of hydrogen-bond acceptors (Lipinski definition) is 3. The van der Waals surface area contributed by atoms with Crippen LogP contribution in [-0.2, 0) is 22.9 Å². The van der Waals surface area contributed by atoms with Crippen molar-refractivity contribution in [1.82, 2.24) is 4.98 Å². The van der Waals surface area contributed by atoms with E-state index in [-0.39, 0.29) is 5.91 Å². The highest BCUT2D eigenvalue weighted by Crippen LogP contribution is 2.30. The maximum absolute atomic E-state index is 12.8. The molecule has 1 amide bonds. The Kier molecular flexibility index (Phi) is 4.39. The van der Waals surface area contributed by atoms with E-state index in [2.05, 4.69) is 15.0 Å². The second-order valence-electron chi connectivity index (χ2n) is 6.92. The molecule has 0 spiro atoms. The van der Waals surface area contributed by atoms with Crippen LogP contribution in [0.4, 0.5) is 11.4 Å². The molecule has 4 rings (SSSR count). The summed E-state index contributed by atoms with van der Waals surface area (Å²) in [6.45, 7) is 0. The molecule has 0 radical (unpaired) electrons. The van der Waals surface area contributed by atoms with Gasteiger partial charge in [0.1, 0.15) is 0 Å². The second kappa shape index (κ2) is 6.74. The molecule has 27 heavy (non-hydrogen) atoms. The van der Waals surface area contributed by atoms with Gasteiger partial charge in [0, 0.05) is 22.2 Å². The largest absolute Gasteiger partial charge is 0.358 e. The van der Waals surface area contributed by atoms with Crippen molar-refractivity contribution in [3.8, 4) is 0 Å². The monoisotopic (exact) mass is 383 g/mol. The number of fused-ring (bicyclic) bond motifs is 3. The summed E-state index contributed by atoms with van der Waals surface area (Å²) in [6.07, 6.45) is 5.52. The SMILES string of the molecule is CS(=O)(=O)Nc1ccccc1NC(=O)c1ccc2[nH]c3c(c2c1)CCCC3. The summed E-state index contributed by atoms with van der Waals surface area (Å²) in [5, 5.41) is 3.91. The van der Waals surface area contributed by atoms with Crippen molar-refractivity contribution >= 4 is 38.2 Å². The lowest BCUT2D eigenvalue weighted by atomic mass is 9.95. The zero-order valence-corrected chi connectivity index (χ0v) is 15.8. The van der Waals surface area contributed by atoms with E-state index >= 15 is 0 Å². The predicted molar refractivity (Wildman–Crippen MR) is 108 cm³/mol. The minimum atomic E-state index is -3.44. The lowest BCUT2D eigenvalue weighted by Gasteiger charge is -2.12. The first-order valence-corrected chi connectivity index (χ1v) is 10.8. The molecule has 140 valence electrons. The Morgan fingerprint density at radius 3 is 2.56 bits per heavy atom. The quantitative estimate of drug-likeness (QED) is 0.642. The Labute approximate surface area is 158 Å². The normalized spacial score (nSPS) is 14.0. The number of aromatic nitrogens is 1. The highest BCUT2D eigenvalue weighted by molar-refractivity contribution is 7.92. The number of benzene rings is 2. The van der Waals surface area contributed by atoms with Crippen LogP contribution < -0.4 is 10.0 Å². The number of para-hydroxylation sites is 2. The fourth-order valence-electron chi connectivity index (χ4n) is 3.62. The number of hydrogen-bond donors (Lipinski definition) is 3. The predicted octanol–water partition coefficient (Wildman–Crippen LogP) is 3.67. The molecule has 7 heteroatoms. The molecule has 0 bridgehead atoms. The highest BCUT2D eigenvalue weighted by atomic mass is 32.2. The molecular formula is C20H21N3O3S. The van der Waals surface area contributed by atoms with Crippen LogP contribution >= 0.6 is 0 Å². The first-order chi connectivity index (χ1) is 12.9. The second-order valence-corrected chi connectivity index (χ2v) is 8.67. The summed E-state index contributed by atoms with van der Waals surface area (Å²) in [5.74, 6) is -0.273. The van der Waals surface area contributed by atoms with Gasteiger partial charge in [-0.15, -0.1) is 0 Å². The van der Waals surface area contributed by atoms with Gasteiger partial charge in [0.05, 0.1) is 17.6 Å². The summed E-state index contributed by atoms with van der Waals surface area (Å²) >= 11 is 0. The third-order valence-corrected chi connectivity index (χ3v) is 5.42. The number of carbonyl (C=O) groups is 1. The van der Waals surface area contributed by atoms with Crippen molar-refractivity contribution in [1.29, 1.82) is 0 Å². The summed E-state index contributed by atoms with van der Waals surface area (Å²) < 4.78 is 25.5. The molecule has 3 N–H and O–H groups in total. The molecular weight excluding hydrogens is 362 g/mol. The van der Waals surface area contributed by atoms with E-state index in [1.54, 1.807) is 30.3 Å². The molecule has 3 aromatic rings. The lowest BCUT2D eigenvalue weighted by molar-refractivity contribution is 0.102. The Balaban J connectivity index is 1.64. The average Bonchev–Trinajstić information content (AvgIpc) is 3.00. The van der Waals surface area contributed by atoms with Crippen molar-refractivity contribution in [3.05, 3.63) is 59.3 Å². The molecule has 6 nitrogen and oxygen atoms in total. The van der Waals surface area contributed by atoms with E-state index in [0.29, 0.717) is 16.9 Å². The van der Waals surface area contributed by atoms with Crippen molar-refractivity contribution in [2.45, 2.75) is 25.7 Å². The number of nitrogens with one attached hydrogen (secondary N) is 3. The van der Waals surface area contributed by atoms with Crippen LogP contribution in [0.25, 0.3) is 10.9 Å². The van der Waals surface area contributed by atoms with Crippen molar-refractivity contribution in [2.75, 3.05) is 16.3 Å². The summed E-state index contributed by atoms with van der Waals surface area (Å²) in [6, 6.07) is 12.4. The number of anilines is 2. The van der Waals surface area contributed by atoms with Crippen LogP contribution in [0.5, 0.6) is 0 Å². The molecule has 0 saturated carbocycles. The number of amides is 1. The zero-order valence-electron chi connectivity index (χ0n) is 15.0. The number of sulfonamides is 1. The first-order valence-electron chi connectivity index (χ1n) is 8.92. The third-order valence-electron chi connectivity index (χ3n) is 4.83. The van der Waals surface area contributed by atoms with Crippen LogP contribution in [-0.4, -0.2) is 25.6 Å². The average molecular weight is 383 g/mol. The van der Waals surface area contributed by atoms with E-state index in [1.807, 2.05) is 12.1 Å². The smallest absolute Gasteiger partial charge is 0.255 e. The number of aromatic amines is 1. The minimum absolute atomic E-state index is 0.273.